The van der Waals surface area contributed by atoms with Crippen LogP contribution in [-0.4, -0.2) is 31.9 Å². The van der Waals surface area contributed by atoms with Crippen LogP contribution >= 0.6 is 0 Å². The molecule has 0 atom stereocenters. The van der Waals surface area contributed by atoms with E-state index in [9.17, 15) is 57.5 Å². The Bertz CT molecular complexity index is 2890. The summed E-state index contributed by atoms with van der Waals surface area (Å²) in [5, 5.41) is 2.90. The molecule has 399 valence electrons. The molecule has 0 aliphatic carbocycles. The molecule has 1 amide bonds. The maximum atomic E-state index is 15.4. The van der Waals surface area contributed by atoms with Gasteiger partial charge in [0.05, 0.1) is 17.1 Å². The van der Waals surface area contributed by atoms with Gasteiger partial charge in [0.15, 0.2) is 69.8 Å². The number of nitrogens with zero attached hydrogens (tertiary/aromatic N) is 4. The van der Waals surface area contributed by atoms with Gasteiger partial charge in [0, 0.05) is 37.4 Å². The molecule has 7 rings (SSSR count). The molecule has 3 heterocycles. The van der Waals surface area contributed by atoms with Gasteiger partial charge in [-0.2, -0.15) is 0 Å². The van der Waals surface area contributed by atoms with Crippen molar-refractivity contribution in [3.05, 3.63) is 200 Å². The van der Waals surface area contributed by atoms with Crippen LogP contribution in [0.2, 0.25) is 0 Å². The van der Waals surface area contributed by atoms with Gasteiger partial charge in [0.25, 0.3) is 0 Å². The van der Waals surface area contributed by atoms with Gasteiger partial charge in [0.2, 0.25) is 5.91 Å². The maximum Gasteiger partial charge on any atom is 2.00 e. The van der Waals surface area contributed by atoms with Crippen LogP contribution in [-0.2, 0) is 41.5 Å². The van der Waals surface area contributed by atoms with E-state index in [-0.39, 0.29) is 23.0 Å². The van der Waals surface area contributed by atoms with E-state index in [1.807, 2.05) is 75.4 Å². The second-order valence-electron chi connectivity index (χ2n) is 16.8. The van der Waals surface area contributed by atoms with Crippen LogP contribution in [0.4, 0.5) is 93.6 Å². The first-order valence-corrected chi connectivity index (χ1v) is 20.6. The topological polar surface area (TPSA) is 71.0 Å². The molecule has 0 unspecified atom stereocenters. The predicted octanol–water partition coefficient (Wildman–Crippen LogP) is 9.90. The Kier molecular flexibility index (Phi) is 17.9. The van der Waals surface area contributed by atoms with Crippen molar-refractivity contribution in [2.24, 2.45) is 5.41 Å². The van der Waals surface area contributed by atoms with E-state index in [2.05, 4.69) is 25.2 Å². The molecule has 1 N–H and O–H groups in total. The number of carbonyl (C=O) groups excluding carboxylic acids is 1. The second kappa shape index (κ2) is 22.8. The number of benzene rings is 4. The van der Waals surface area contributed by atoms with E-state index in [0.717, 1.165) is 17.1 Å². The Balaban J connectivity index is 0.000000299. The van der Waals surface area contributed by atoms with E-state index in [0.29, 0.717) is 25.5 Å². The number of amides is 1. The van der Waals surface area contributed by atoms with Crippen molar-refractivity contribution in [2.45, 2.75) is 40.4 Å². The molecular formula is C47H27BCuF20N5O+. The summed E-state index contributed by atoms with van der Waals surface area (Å²) in [6.07, 6.45) is -3.62. The van der Waals surface area contributed by atoms with Crippen molar-refractivity contribution in [3.8, 4) is 0 Å². The summed E-state index contributed by atoms with van der Waals surface area (Å²) in [5.41, 5.74) is -11.9. The van der Waals surface area contributed by atoms with Crippen LogP contribution < -0.4 is 27.2 Å². The average molecular weight is 1130 g/mol. The Labute approximate surface area is 419 Å². The number of hydrogen-bond acceptors (Lipinski definition) is 5. The zero-order chi connectivity index (χ0) is 55.0. The molecule has 1 radical (unpaired) electrons. The van der Waals surface area contributed by atoms with Crippen LogP contribution in [0.3, 0.4) is 0 Å². The molecule has 28 heteroatoms. The van der Waals surface area contributed by atoms with Gasteiger partial charge in [-0.05, 0) is 36.4 Å². The van der Waals surface area contributed by atoms with E-state index in [1.165, 1.54) is 0 Å². The summed E-state index contributed by atoms with van der Waals surface area (Å²) in [6, 6.07) is 17.5. The van der Waals surface area contributed by atoms with Gasteiger partial charge in [-0.25, -0.2) is 92.8 Å². The molecule has 0 aliphatic heterocycles. The van der Waals surface area contributed by atoms with Crippen molar-refractivity contribution in [1.29, 1.82) is 0 Å². The fourth-order valence-electron chi connectivity index (χ4n) is 7.65. The fraction of sp³-hybridized carbons (Fsp3) is 0.149. The van der Waals surface area contributed by atoms with Gasteiger partial charge < -0.3 is 5.32 Å². The quantitative estimate of drug-likeness (QED) is 0.0605. The number of carbonyl (C=O) groups is 1. The van der Waals surface area contributed by atoms with Crippen molar-refractivity contribution in [1.82, 2.24) is 19.9 Å². The number of nitrogens with one attached hydrogen (secondary N) is 1. The summed E-state index contributed by atoms with van der Waals surface area (Å²) in [7, 11) is 0. The largest absolute Gasteiger partial charge is 2.00 e. The maximum absolute atomic E-state index is 15.4. The number of hydrogen-bond donors (Lipinski definition) is 1. The van der Waals surface area contributed by atoms with Gasteiger partial charge in [-0.1, -0.05) is 39.0 Å². The summed E-state index contributed by atoms with van der Waals surface area (Å²) >= 11 is 0. The van der Waals surface area contributed by atoms with Crippen molar-refractivity contribution in [2.75, 3.05) is 5.32 Å². The van der Waals surface area contributed by atoms with E-state index >= 15 is 35.1 Å². The summed E-state index contributed by atoms with van der Waals surface area (Å²) in [5.74, 6) is -70.9. The Morgan fingerprint density at radius 1 is 0.413 bits per heavy atom. The fourth-order valence-corrected chi connectivity index (χ4v) is 7.65. The normalized spacial score (nSPS) is 11.6. The first-order chi connectivity index (χ1) is 34.6. The second-order valence-corrected chi connectivity index (χ2v) is 16.8. The average Bonchev–Trinajstić information content (AvgIpc) is 3.36. The van der Waals surface area contributed by atoms with Crippen molar-refractivity contribution >= 4 is 39.7 Å². The molecule has 0 bridgehead atoms. The molecule has 0 spiro atoms. The monoisotopic (exact) mass is 1130 g/mol. The van der Waals surface area contributed by atoms with Crippen molar-refractivity contribution in [3.63, 3.8) is 0 Å². The molecule has 0 fully saturated rings. The van der Waals surface area contributed by atoms with Crippen LogP contribution in [0, 0.1) is 122 Å². The zero-order valence-corrected chi connectivity index (χ0v) is 38.5. The number of anilines is 1. The molecule has 7 aromatic rings. The van der Waals surface area contributed by atoms with Gasteiger partial charge >= 0.3 is 17.1 Å². The standard InChI is InChI=1S/C24BF20.C23H27N5O.Cu/c26-5-1(6(27)14(35)21(42)13(5)34)25(2-7(28)15(36)22(43)16(37)8(2)29,3-9(30)17(38)23(44)18(39)10(3)31)4-11(32)19(40)24(45)20(41)12(4)33;1-23(2,3)22(29)27-21-12-8-11-20(26-21)17-28(15-18-9-4-6-13-24-18)16-19-10-5-7-14-25-19;/h;4-14H,15-17H2,1-3H3,(H,26,27,29);/q-1;;+2. The zero-order valence-electron chi connectivity index (χ0n) is 37.6. The minimum atomic E-state index is -7.22. The van der Waals surface area contributed by atoms with E-state index < -0.39 is 150 Å². The number of aromatic nitrogens is 3. The van der Waals surface area contributed by atoms with E-state index in [4.69, 9.17) is 0 Å². The van der Waals surface area contributed by atoms with Gasteiger partial charge in [0.1, 0.15) is 58.5 Å². The summed E-state index contributed by atoms with van der Waals surface area (Å²) < 4.78 is 294. The SMILES string of the molecule is CC(C)(C)C(=O)Nc1cccc(CN(Cc2ccccn2)Cc2ccccn2)n1.Fc1c(F)c(F)c([B-](c2c(F)c(F)c(F)c(F)c2F)(c2c(F)c(F)c(F)c(F)c2F)c2c(F)c(F)c(F)c(F)c2F)c(F)c1F.[Cu+2]. The minimum Gasteiger partial charge on any atom is -0.310 e. The summed E-state index contributed by atoms with van der Waals surface area (Å²) in [4.78, 5) is 28.0. The van der Waals surface area contributed by atoms with Gasteiger partial charge in [-0.3, -0.25) is 19.7 Å². The third-order valence-electron chi connectivity index (χ3n) is 11.0. The third kappa shape index (κ3) is 10.9. The molecule has 0 saturated carbocycles. The van der Waals surface area contributed by atoms with Crippen LogP contribution in [0.15, 0.2) is 67.0 Å². The van der Waals surface area contributed by atoms with E-state index in [1.54, 1.807) is 12.4 Å². The molecule has 4 aromatic carbocycles. The molecular weight excluding hydrogens is 1100 g/mol. The molecule has 6 nitrogen and oxygen atoms in total. The first kappa shape index (κ1) is 58.8. The van der Waals surface area contributed by atoms with Crippen molar-refractivity contribution < 1.29 is 110 Å². The third-order valence-corrected chi connectivity index (χ3v) is 11.0. The molecule has 0 saturated heterocycles. The minimum absolute atomic E-state index is 0. The van der Waals surface area contributed by atoms with Gasteiger partial charge in [-0.15, -0.1) is 21.9 Å². The van der Waals surface area contributed by atoms with Crippen LogP contribution in [0.25, 0.3) is 0 Å². The Hall–Kier alpha value is -7.06. The van der Waals surface area contributed by atoms with Crippen LogP contribution in [0.5, 0.6) is 0 Å². The smallest absolute Gasteiger partial charge is 0.310 e. The first-order valence-electron chi connectivity index (χ1n) is 20.6. The Morgan fingerprint density at radius 2 is 0.680 bits per heavy atom. The predicted molar refractivity (Wildman–Crippen MR) is 223 cm³/mol. The Morgan fingerprint density at radius 3 is 0.947 bits per heavy atom. The number of halogens is 20. The molecule has 3 aromatic heterocycles. The number of pyridine rings is 3. The summed E-state index contributed by atoms with van der Waals surface area (Å²) in [6.45, 7) is 7.62. The van der Waals surface area contributed by atoms with Crippen LogP contribution in [0.1, 0.15) is 37.9 Å². The number of rotatable bonds is 11. The molecule has 0 aliphatic rings. The molecule has 75 heavy (non-hydrogen) atoms.